The van der Waals surface area contributed by atoms with E-state index in [9.17, 15) is 0 Å². The first kappa shape index (κ1) is 12.7. The van der Waals surface area contributed by atoms with E-state index in [1.54, 1.807) is 0 Å². The lowest BCUT2D eigenvalue weighted by atomic mass is 9.97. The Morgan fingerprint density at radius 1 is 1.47 bits per heavy atom. The molecule has 2 unspecified atom stereocenters. The van der Waals surface area contributed by atoms with Crippen LogP contribution in [0.2, 0.25) is 0 Å². The molecule has 1 aliphatic heterocycles. The highest BCUT2D eigenvalue weighted by Crippen LogP contribution is 2.23. The van der Waals surface area contributed by atoms with Crippen LogP contribution in [0.1, 0.15) is 20.8 Å². The van der Waals surface area contributed by atoms with Gasteiger partial charge in [0.2, 0.25) is 0 Å². The molecule has 0 spiro atoms. The number of nitrogens with one attached hydrogen (secondary N) is 1. The van der Waals surface area contributed by atoms with Crippen LogP contribution in [0.3, 0.4) is 0 Å². The van der Waals surface area contributed by atoms with E-state index in [0.717, 1.165) is 19.0 Å². The smallest absolute Gasteiger partial charge is 0.0357 e. The lowest BCUT2D eigenvalue weighted by molar-refractivity contribution is 0.263. The molecule has 1 N–H and O–H groups in total. The summed E-state index contributed by atoms with van der Waals surface area (Å²) in [6.45, 7) is 11.0. The van der Waals surface area contributed by atoms with Crippen molar-refractivity contribution >= 4 is 6.21 Å². The van der Waals surface area contributed by atoms with Gasteiger partial charge in [0.05, 0.1) is 0 Å². The van der Waals surface area contributed by atoms with Crippen molar-refractivity contribution in [3.05, 3.63) is 0 Å². The van der Waals surface area contributed by atoms with Crippen LogP contribution < -0.4 is 5.32 Å². The minimum Gasteiger partial charge on any atom is -0.319 e. The highest BCUT2D eigenvalue weighted by atomic mass is 15.2. The Bertz CT molecular complexity index is 201. The summed E-state index contributed by atoms with van der Waals surface area (Å²) in [4.78, 5) is 6.95. The number of hydrogen-bond acceptors (Lipinski definition) is 3. The first-order chi connectivity index (χ1) is 7.19. The quantitative estimate of drug-likeness (QED) is 0.693. The summed E-state index contributed by atoms with van der Waals surface area (Å²) in [5.74, 6) is 1.37. The molecule has 0 saturated carbocycles. The van der Waals surface area contributed by atoms with E-state index in [1.807, 2.05) is 7.05 Å². The van der Waals surface area contributed by atoms with Crippen molar-refractivity contribution in [2.75, 3.05) is 33.2 Å². The Labute approximate surface area is 94.0 Å². The molecule has 1 fully saturated rings. The van der Waals surface area contributed by atoms with E-state index < -0.39 is 0 Å². The van der Waals surface area contributed by atoms with E-state index in [0.29, 0.717) is 12.0 Å². The zero-order valence-electron chi connectivity index (χ0n) is 10.5. The van der Waals surface area contributed by atoms with Crippen LogP contribution in [-0.2, 0) is 0 Å². The summed E-state index contributed by atoms with van der Waals surface area (Å²) in [5.41, 5.74) is 0. The van der Waals surface area contributed by atoms with Gasteiger partial charge in [0.25, 0.3) is 0 Å². The van der Waals surface area contributed by atoms with Crippen LogP contribution in [0.5, 0.6) is 0 Å². The Hall–Kier alpha value is -0.410. The molecule has 1 aliphatic rings. The Morgan fingerprint density at radius 3 is 2.73 bits per heavy atom. The lowest BCUT2D eigenvalue weighted by Crippen LogP contribution is -2.29. The third kappa shape index (κ3) is 3.58. The first-order valence-electron chi connectivity index (χ1n) is 6.07. The fourth-order valence-corrected chi connectivity index (χ4v) is 2.24. The summed E-state index contributed by atoms with van der Waals surface area (Å²) in [7, 11) is 2.03. The van der Waals surface area contributed by atoms with Crippen LogP contribution in [0.25, 0.3) is 0 Å². The molecule has 15 heavy (non-hydrogen) atoms. The highest BCUT2D eigenvalue weighted by Gasteiger charge is 2.31. The van der Waals surface area contributed by atoms with E-state index >= 15 is 0 Å². The zero-order valence-corrected chi connectivity index (χ0v) is 10.5. The molecule has 3 heteroatoms. The van der Waals surface area contributed by atoms with Crippen LogP contribution in [0.15, 0.2) is 4.99 Å². The summed E-state index contributed by atoms with van der Waals surface area (Å²) in [6.07, 6.45) is 2.17. The number of nitrogens with zero attached hydrogens (tertiary/aromatic N) is 2. The number of rotatable bonds is 5. The van der Waals surface area contributed by atoms with Crippen molar-refractivity contribution in [3.8, 4) is 0 Å². The summed E-state index contributed by atoms with van der Waals surface area (Å²) >= 11 is 0. The lowest BCUT2D eigenvalue weighted by Gasteiger charge is -2.19. The number of aliphatic imine (C=N–C) groups is 1. The molecule has 0 aromatic heterocycles. The van der Waals surface area contributed by atoms with Crippen molar-refractivity contribution in [3.63, 3.8) is 0 Å². The van der Waals surface area contributed by atoms with Crippen LogP contribution >= 0.6 is 0 Å². The normalized spacial score (nSPS) is 28.3. The molecule has 1 saturated heterocycles. The van der Waals surface area contributed by atoms with Crippen molar-refractivity contribution in [1.82, 2.24) is 10.2 Å². The maximum Gasteiger partial charge on any atom is 0.0357 e. The van der Waals surface area contributed by atoms with Crippen molar-refractivity contribution in [1.29, 1.82) is 0 Å². The fourth-order valence-electron chi connectivity index (χ4n) is 2.24. The van der Waals surface area contributed by atoms with Gasteiger partial charge in [-0.1, -0.05) is 0 Å². The van der Waals surface area contributed by atoms with E-state index in [2.05, 4.69) is 42.2 Å². The fraction of sp³-hybridized carbons (Fsp3) is 0.917. The average molecular weight is 211 g/mol. The third-order valence-electron chi connectivity index (χ3n) is 3.20. The molecule has 0 aliphatic carbocycles. The minimum atomic E-state index is 0.639. The van der Waals surface area contributed by atoms with Crippen LogP contribution in [0, 0.1) is 11.8 Å². The molecule has 0 aromatic rings. The largest absolute Gasteiger partial charge is 0.319 e. The monoisotopic (exact) mass is 211 g/mol. The summed E-state index contributed by atoms with van der Waals surface area (Å²) in [6, 6.07) is 0.657. The van der Waals surface area contributed by atoms with Gasteiger partial charge >= 0.3 is 0 Å². The first-order valence-corrected chi connectivity index (χ1v) is 6.07. The van der Waals surface area contributed by atoms with Gasteiger partial charge in [0.1, 0.15) is 0 Å². The SMILES string of the molecule is CCN=CC1CN(C(C)C)CC1CNC. The van der Waals surface area contributed by atoms with Gasteiger partial charge in [-0.05, 0) is 40.3 Å². The van der Waals surface area contributed by atoms with Gasteiger partial charge in [-0.15, -0.1) is 0 Å². The van der Waals surface area contributed by atoms with Crippen LogP contribution in [0.4, 0.5) is 0 Å². The molecule has 1 rings (SSSR count). The van der Waals surface area contributed by atoms with Gasteiger partial charge in [-0.2, -0.15) is 0 Å². The zero-order chi connectivity index (χ0) is 11.3. The maximum atomic E-state index is 4.40. The highest BCUT2D eigenvalue weighted by molar-refractivity contribution is 5.62. The molecule has 1 heterocycles. The van der Waals surface area contributed by atoms with Crippen LogP contribution in [-0.4, -0.2) is 50.4 Å². The Kier molecular flexibility index (Phi) is 5.26. The predicted molar refractivity (Wildman–Crippen MR) is 66.6 cm³/mol. The van der Waals surface area contributed by atoms with Crippen molar-refractivity contribution < 1.29 is 0 Å². The average Bonchev–Trinajstić information content (AvgIpc) is 2.59. The van der Waals surface area contributed by atoms with Gasteiger partial charge < -0.3 is 5.32 Å². The summed E-state index contributed by atoms with van der Waals surface area (Å²) in [5, 5.41) is 3.29. The molecule has 3 nitrogen and oxygen atoms in total. The molecule has 0 aromatic carbocycles. The Morgan fingerprint density at radius 2 is 2.20 bits per heavy atom. The van der Waals surface area contributed by atoms with Crippen molar-refractivity contribution in [2.45, 2.75) is 26.8 Å². The molecule has 0 amide bonds. The standard InChI is InChI=1S/C12H25N3/c1-5-14-7-12-9-15(10(2)3)8-11(12)6-13-4/h7,10-13H,5-6,8-9H2,1-4H3. The second-order valence-corrected chi connectivity index (χ2v) is 4.68. The molecule has 2 atom stereocenters. The van der Waals surface area contributed by atoms with Gasteiger partial charge in [-0.3, -0.25) is 9.89 Å². The summed E-state index contributed by atoms with van der Waals surface area (Å²) < 4.78 is 0. The van der Waals surface area contributed by atoms with Gasteiger partial charge in [0.15, 0.2) is 0 Å². The second-order valence-electron chi connectivity index (χ2n) is 4.68. The molecule has 88 valence electrons. The van der Waals surface area contributed by atoms with E-state index in [1.165, 1.54) is 13.1 Å². The number of hydrogen-bond donors (Lipinski definition) is 1. The second kappa shape index (κ2) is 6.23. The molecular formula is C12H25N3. The van der Waals surface area contributed by atoms with Crippen molar-refractivity contribution in [2.24, 2.45) is 16.8 Å². The van der Waals surface area contributed by atoms with E-state index in [-0.39, 0.29) is 0 Å². The Balaban J connectivity index is 2.54. The predicted octanol–water partition coefficient (Wildman–Crippen LogP) is 1.25. The topological polar surface area (TPSA) is 27.6 Å². The molecule has 0 bridgehead atoms. The van der Waals surface area contributed by atoms with Gasteiger partial charge in [0, 0.05) is 37.8 Å². The maximum absolute atomic E-state index is 4.40. The van der Waals surface area contributed by atoms with Gasteiger partial charge in [-0.25, -0.2) is 0 Å². The number of likely N-dealkylation sites (tertiary alicyclic amines) is 1. The third-order valence-corrected chi connectivity index (χ3v) is 3.20. The van der Waals surface area contributed by atoms with E-state index in [4.69, 9.17) is 0 Å². The molecular weight excluding hydrogens is 186 g/mol. The molecule has 0 radical (unpaired) electrons. The minimum absolute atomic E-state index is 0.639.